The normalized spacial score (nSPS) is 22.5. The molecule has 39 heavy (non-hydrogen) atoms. The molecule has 1 saturated carbocycles. The maximum atomic E-state index is 13.6. The predicted octanol–water partition coefficient (Wildman–Crippen LogP) is 4.32. The standard InChI is InChI=1S/C29H37F2N5O3/c30-29(31)9-6-22(7-10-29)27(38)36-17-11-28(12-18-36)8-3-16-35(25-20-32-13-14-33-25)19-15-34-26(37)23-4-1-2-5-24(23)39-21-28/h1-2,4-5,13-14,20,22H,3,6-12,15-19,21H2,(H,34,37). The first-order valence-electron chi connectivity index (χ1n) is 14.0. The Hall–Kier alpha value is -3.30. The number of piperidine rings is 1. The fourth-order valence-electron chi connectivity index (χ4n) is 6.06. The van der Waals surface area contributed by atoms with Gasteiger partial charge in [0.2, 0.25) is 11.8 Å². The Morgan fingerprint density at radius 3 is 2.51 bits per heavy atom. The van der Waals surface area contributed by atoms with Crippen LogP contribution in [0, 0.1) is 11.3 Å². The molecule has 1 aromatic carbocycles. The van der Waals surface area contributed by atoms with Crippen LogP contribution < -0.4 is 15.0 Å². The number of aromatic nitrogens is 2. The molecule has 1 spiro atoms. The topological polar surface area (TPSA) is 87.7 Å². The van der Waals surface area contributed by atoms with Crippen molar-refractivity contribution < 1.29 is 23.1 Å². The van der Waals surface area contributed by atoms with E-state index in [9.17, 15) is 18.4 Å². The van der Waals surface area contributed by atoms with Crippen molar-refractivity contribution in [3.05, 3.63) is 48.4 Å². The van der Waals surface area contributed by atoms with Gasteiger partial charge in [0.25, 0.3) is 5.91 Å². The lowest BCUT2D eigenvalue weighted by atomic mass is 9.75. The predicted molar refractivity (Wildman–Crippen MR) is 143 cm³/mol. The second kappa shape index (κ2) is 11.8. The van der Waals surface area contributed by atoms with Gasteiger partial charge in [-0.25, -0.2) is 13.8 Å². The van der Waals surface area contributed by atoms with Gasteiger partial charge in [-0.3, -0.25) is 14.6 Å². The highest BCUT2D eigenvalue weighted by molar-refractivity contribution is 5.96. The largest absolute Gasteiger partial charge is 0.492 e. The van der Waals surface area contributed by atoms with Crippen molar-refractivity contribution in [2.45, 2.75) is 57.3 Å². The van der Waals surface area contributed by atoms with Crippen LogP contribution in [0.5, 0.6) is 5.75 Å². The molecule has 2 fully saturated rings. The Kier molecular flexibility index (Phi) is 8.28. The molecule has 2 amide bonds. The first-order chi connectivity index (χ1) is 18.8. The maximum Gasteiger partial charge on any atom is 0.255 e. The molecule has 0 radical (unpaired) electrons. The first kappa shape index (κ1) is 27.3. The van der Waals surface area contributed by atoms with Crippen LogP contribution in [0.1, 0.15) is 61.7 Å². The van der Waals surface area contributed by atoms with Crippen LogP contribution in [0.25, 0.3) is 0 Å². The molecule has 5 rings (SSSR count). The molecule has 2 aromatic rings. The van der Waals surface area contributed by atoms with Gasteiger partial charge in [0.05, 0.1) is 18.4 Å². The summed E-state index contributed by atoms with van der Waals surface area (Å²) < 4.78 is 33.6. The van der Waals surface area contributed by atoms with Gasteiger partial charge in [0.1, 0.15) is 11.6 Å². The highest BCUT2D eigenvalue weighted by Gasteiger charge is 2.41. The summed E-state index contributed by atoms with van der Waals surface area (Å²) >= 11 is 0. The van der Waals surface area contributed by atoms with E-state index in [0.717, 1.165) is 38.0 Å². The second-order valence-corrected chi connectivity index (χ2v) is 11.2. The van der Waals surface area contributed by atoms with E-state index in [1.807, 2.05) is 23.1 Å². The molecular formula is C29H37F2N5O3. The van der Waals surface area contributed by atoms with Gasteiger partial charge in [-0.1, -0.05) is 12.1 Å². The van der Waals surface area contributed by atoms with Crippen molar-refractivity contribution in [2.75, 3.05) is 44.2 Å². The number of amides is 2. The minimum atomic E-state index is -2.64. The van der Waals surface area contributed by atoms with Crippen LogP contribution >= 0.6 is 0 Å². The number of alkyl halides is 2. The molecule has 210 valence electrons. The Bertz CT molecular complexity index is 1130. The van der Waals surface area contributed by atoms with Crippen molar-refractivity contribution in [1.82, 2.24) is 20.2 Å². The summed E-state index contributed by atoms with van der Waals surface area (Å²) in [6.45, 7) is 3.43. The summed E-state index contributed by atoms with van der Waals surface area (Å²) in [6.07, 6.45) is 8.47. The Labute approximate surface area is 228 Å². The SMILES string of the molecule is O=C1NCCN(c2cnccn2)CCCC2(CCN(C(=O)C3CCC(F)(F)CC3)CC2)COc2ccccc21. The van der Waals surface area contributed by atoms with E-state index in [-0.39, 0.29) is 48.8 Å². The van der Waals surface area contributed by atoms with Crippen molar-refractivity contribution in [2.24, 2.45) is 11.3 Å². The van der Waals surface area contributed by atoms with Crippen molar-refractivity contribution in [1.29, 1.82) is 0 Å². The highest BCUT2D eigenvalue weighted by Crippen LogP contribution is 2.40. The molecular weight excluding hydrogens is 504 g/mol. The molecule has 8 nitrogen and oxygen atoms in total. The average molecular weight is 542 g/mol. The van der Waals surface area contributed by atoms with E-state index < -0.39 is 5.92 Å². The number of para-hydroxylation sites is 1. The lowest BCUT2D eigenvalue weighted by molar-refractivity contribution is -0.142. The van der Waals surface area contributed by atoms with E-state index >= 15 is 0 Å². The van der Waals surface area contributed by atoms with Gasteiger partial charge in [-0.05, 0) is 50.7 Å². The summed E-state index contributed by atoms with van der Waals surface area (Å²) in [6, 6.07) is 7.28. The molecule has 10 heteroatoms. The number of carbonyl (C=O) groups excluding carboxylic acids is 2. The van der Waals surface area contributed by atoms with E-state index in [0.29, 0.717) is 44.1 Å². The summed E-state index contributed by atoms with van der Waals surface area (Å²) in [7, 11) is 0. The van der Waals surface area contributed by atoms with Crippen molar-refractivity contribution in [3.63, 3.8) is 0 Å². The smallest absolute Gasteiger partial charge is 0.255 e. The highest BCUT2D eigenvalue weighted by atomic mass is 19.3. The zero-order valence-corrected chi connectivity index (χ0v) is 22.3. The monoisotopic (exact) mass is 541 g/mol. The maximum absolute atomic E-state index is 13.6. The minimum Gasteiger partial charge on any atom is -0.492 e. The minimum absolute atomic E-state index is 0.0155. The molecule has 2 aliphatic heterocycles. The summed E-state index contributed by atoms with van der Waals surface area (Å²) in [4.78, 5) is 38.9. The van der Waals surface area contributed by atoms with Gasteiger partial charge in [0.15, 0.2) is 0 Å². The van der Waals surface area contributed by atoms with E-state index in [1.165, 1.54) is 0 Å². The molecule has 1 aliphatic carbocycles. The zero-order chi connectivity index (χ0) is 27.3. The van der Waals surface area contributed by atoms with Gasteiger partial charge >= 0.3 is 0 Å². The van der Waals surface area contributed by atoms with E-state index in [4.69, 9.17) is 4.74 Å². The third-order valence-electron chi connectivity index (χ3n) is 8.54. The van der Waals surface area contributed by atoms with Gasteiger partial charge in [-0.15, -0.1) is 0 Å². The number of fused-ring (bicyclic) bond motifs is 1. The van der Waals surface area contributed by atoms with E-state index in [2.05, 4.69) is 20.2 Å². The molecule has 3 aliphatic rings. The number of hydrogen-bond acceptors (Lipinski definition) is 6. The fraction of sp³-hybridized carbons (Fsp3) is 0.586. The van der Waals surface area contributed by atoms with Crippen LogP contribution in [0.3, 0.4) is 0 Å². The number of halogens is 2. The molecule has 1 N–H and O–H groups in total. The number of nitrogens with one attached hydrogen (secondary N) is 1. The van der Waals surface area contributed by atoms with Crippen LogP contribution in [0.2, 0.25) is 0 Å². The number of rotatable bonds is 2. The van der Waals surface area contributed by atoms with Crippen molar-refractivity contribution >= 4 is 17.6 Å². The van der Waals surface area contributed by atoms with Crippen LogP contribution in [-0.2, 0) is 4.79 Å². The number of benzene rings is 1. The second-order valence-electron chi connectivity index (χ2n) is 11.2. The Morgan fingerprint density at radius 1 is 1.00 bits per heavy atom. The molecule has 0 bridgehead atoms. The first-order valence-corrected chi connectivity index (χ1v) is 14.0. The number of carbonyl (C=O) groups is 2. The third-order valence-corrected chi connectivity index (χ3v) is 8.54. The van der Waals surface area contributed by atoms with Crippen molar-refractivity contribution in [3.8, 4) is 5.75 Å². The van der Waals surface area contributed by atoms with Gasteiger partial charge < -0.3 is 19.9 Å². The third kappa shape index (κ3) is 6.65. The van der Waals surface area contributed by atoms with Gasteiger partial charge in [-0.2, -0.15) is 0 Å². The summed E-state index contributed by atoms with van der Waals surface area (Å²) in [5.41, 5.74) is 0.335. The van der Waals surface area contributed by atoms with Crippen LogP contribution in [0.15, 0.2) is 42.9 Å². The molecule has 1 aromatic heterocycles. The van der Waals surface area contributed by atoms with Crippen LogP contribution in [-0.4, -0.2) is 71.9 Å². The average Bonchev–Trinajstić information content (AvgIpc) is 2.96. The zero-order valence-electron chi connectivity index (χ0n) is 22.3. The quantitative estimate of drug-likeness (QED) is 0.610. The molecule has 3 heterocycles. The molecule has 0 atom stereocenters. The van der Waals surface area contributed by atoms with E-state index in [1.54, 1.807) is 24.7 Å². The molecule has 1 saturated heterocycles. The fourth-order valence-corrected chi connectivity index (χ4v) is 6.06. The number of ether oxygens (including phenoxy) is 1. The summed E-state index contributed by atoms with van der Waals surface area (Å²) in [5, 5.41) is 3.00. The Balaban J connectivity index is 1.30. The number of nitrogens with zero attached hydrogens (tertiary/aromatic N) is 4. The number of likely N-dealkylation sites (tertiary alicyclic amines) is 1. The lowest BCUT2D eigenvalue weighted by Crippen LogP contribution is -2.48. The number of anilines is 1. The number of hydrogen-bond donors (Lipinski definition) is 1. The Morgan fingerprint density at radius 2 is 1.77 bits per heavy atom. The van der Waals surface area contributed by atoms with Crippen LogP contribution in [0.4, 0.5) is 14.6 Å². The molecule has 0 unspecified atom stereocenters. The summed E-state index contributed by atoms with van der Waals surface area (Å²) in [5.74, 6) is -1.79. The van der Waals surface area contributed by atoms with Gasteiger partial charge in [0, 0.05) is 69.3 Å². The lowest BCUT2D eigenvalue weighted by Gasteiger charge is -2.43.